The number of benzene rings is 1. The molecule has 1 atom stereocenters. The first kappa shape index (κ1) is 16.3. The third kappa shape index (κ3) is 3.78. The van der Waals surface area contributed by atoms with Gasteiger partial charge < -0.3 is 10.2 Å². The number of amides is 2. The molecular weight excluding hydrogens is 297 g/mol. The molecule has 0 unspecified atom stereocenters. The Morgan fingerprint density at radius 3 is 2.68 bits per heavy atom. The summed E-state index contributed by atoms with van der Waals surface area (Å²) < 4.78 is 37.8. The number of carbonyl (C=O) groups excluding carboxylic acids is 2. The predicted molar refractivity (Wildman–Crippen MR) is 74.2 cm³/mol. The zero-order valence-electron chi connectivity index (χ0n) is 12.1. The van der Waals surface area contributed by atoms with Crippen molar-refractivity contribution in [3.63, 3.8) is 0 Å². The van der Waals surface area contributed by atoms with Crippen LogP contribution < -0.4 is 5.32 Å². The van der Waals surface area contributed by atoms with Crippen LogP contribution in [0.1, 0.15) is 35.7 Å². The molecule has 2 rings (SSSR count). The lowest BCUT2D eigenvalue weighted by Crippen LogP contribution is -2.41. The fourth-order valence-electron chi connectivity index (χ4n) is 2.50. The Kier molecular flexibility index (Phi) is 4.73. The molecular formula is C15H17F3N2O2. The van der Waals surface area contributed by atoms with Crippen LogP contribution in [-0.2, 0) is 11.0 Å². The molecule has 1 aromatic rings. The van der Waals surface area contributed by atoms with Crippen LogP contribution in [0.2, 0.25) is 0 Å². The van der Waals surface area contributed by atoms with Crippen molar-refractivity contribution in [2.24, 2.45) is 0 Å². The lowest BCUT2D eigenvalue weighted by molar-refractivity contribution is -0.137. The van der Waals surface area contributed by atoms with Crippen LogP contribution in [0.4, 0.5) is 13.2 Å². The van der Waals surface area contributed by atoms with Crippen molar-refractivity contribution in [3.8, 4) is 0 Å². The van der Waals surface area contributed by atoms with Gasteiger partial charge in [0.1, 0.15) is 0 Å². The van der Waals surface area contributed by atoms with Crippen molar-refractivity contribution in [2.45, 2.75) is 32.0 Å². The summed E-state index contributed by atoms with van der Waals surface area (Å²) in [5.74, 6) is -0.906. The van der Waals surface area contributed by atoms with Crippen LogP contribution in [0, 0.1) is 0 Å². The largest absolute Gasteiger partial charge is 0.416 e. The topological polar surface area (TPSA) is 49.4 Å². The Bertz CT molecular complexity index is 572. The molecule has 120 valence electrons. The summed E-state index contributed by atoms with van der Waals surface area (Å²) in [6.45, 7) is 2.37. The van der Waals surface area contributed by atoms with E-state index in [2.05, 4.69) is 5.32 Å². The van der Waals surface area contributed by atoms with Gasteiger partial charge in [-0.15, -0.1) is 0 Å². The van der Waals surface area contributed by atoms with Crippen molar-refractivity contribution in [3.05, 3.63) is 35.4 Å². The second-order valence-corrected chi connectivity index (χ2v) is 5.34. The number of likely N-dealkylation sites (tertiary alicyclic amines) is 1. The SMILES string of the molecule is C[C@@H]1CCCN1C(=O)CNC(=O)c1cccc(C(F)(F)F)c1. The second kappa shape index (κ2) is 6.37. The molecule has 1 aromatic carbocycles. The molecule has 0 spiro atoms. The number of hydrogen-bond donors (Lipinski definition) is 1. The van der Waals surface area contributed by atoms with E-state index in [9.17, 15) is 22.8 Å². The first-order chi connectivity index (χ1) is 10.3. The Balaban J connectivity index is 1.96. The number of nitrogens with zero attached hydrogens (tertiary/aromatic N) is 1. The monoisotopic (exact) mass is 314 g/mol. The second-order valence-electron chi connectivity index (χ2n) is 5.34. The number of rotatable bonds is 3. The number of alkyl halides is 3. The highest BCUT2D eigenvalue weighted by Gasteiger charge is 2.31. The van der Waals surface area contributed by atoms with Crippen LogP contribution >= 0.6 is 0 Å². The molecule has 0 bridgehead atoms. The predicted octanol–water partition coefficient (Wildman–Crippen LogP) is 2.45. The van der Waals surface area contributed by atoms with Gasteiger partial charge >= 0.3 is 6.18 Å². The maximum absolute atomic E-state index is 12.6. The van der Waals surface area contributed by atoms with Crippen LogP contribution in [0.25, 0.3) is 0 Å². The van der Waals surface area contributed by atoms with E-state index >= 15 is 0 Å². The molecule has 0 radical (unpaired) electrons. The summed E-state index contributed by atoms with van der Waals surface area (Å²) in [6.07, 6.45) is -2.65. The average molecular weight is 314 g/mol. The van der Waals surface area contributed by atoms with Crippen LogP contribution in [-0.4, -0.2) is 35.8 Å². The van der Waals surface area contributed by atoms with Gasteiger partial charge in [-0.25, -0.2) is 0 Å². The molecule has 2 amide bonds. The quantitative estimate of drug-likeness (QED) is 0.931. The summed E-state index contributed by atoms with van der Waals surface area (Å²) in [5.41, 5.74) is -1.00. The molecule has 1 aliphatic rings. The molecule has 4 nitrogen and oxygen atoms in total. The van der Waals surface area contributed by atoms with Crippen molar-refractivity contribution < 1.29 is 22.8 Å². The zero-order valence-corrected chi connectivity index (χ0v) is 12.1. The molecule has 1 heterocycles. The molecule has 0 aliphatic carbocycles. The van der Waals surface area contributed by atoms with Gasteiger partial charge in [0.25, 0.3) is 5.91 Å². The summed E-state index contributed by atoms with van der Waals surface area (Å²) in [7, 11) is 0. The highest BCUT2D eigenvalue weighted by atomic mass is 19.4. The average Bonchev–Trinajstić information content (AvgIpc) is 2.90. The van der Waals surface area contributed by atoms with Gasteiger partial charge in [0.15, 0.2) is 0 Å². The smallest absolute Gasteiger partial charge is 0.343 e. The van der Waals surface area contributed by atoms with Gasteiger partial charge in [-0.05, 0) is 38.0 Å². The normalized spacial score (nSPS) is 18.4. The van der Waals surface area contributed by atoms with E-state index < -0.39 is 17.6 Å². The van der Waals surface area contributed by atoms with E-state index in [1.54, 1.807) is 4.90 Å². The minimum absolute atomic E-state index is 0.114. The van der Waals surface area contributed by atoms with E-state index in [1.165, 1.54) is 12.1 Å². The molecule has 1 fully saturated rings. The summed E-state index contributed by atoms with van der Waals surface area (Å²) >= 11 is 0. The number of hydrogen-bond acceptors (Lipinski definition) is 2. The Labute approximate surface area is 126 Å². The van der Waals surface area contributed by atoms with E-state index in [0.29, 0.717) is 6.54 Å². The van der Waals surface area contributed by atoms with Crippen molar-refractivity contribution in [1.29, 1.82) is 0 Å². The fraction of sp³-hybridized carbons (Fsp3) is 0.467. The summed E-state index contributed by atoms with van der Waals surface area (Å²) in [5, 5.41) is 2.38. The molecule has 0 aromatic heterocycles. The van der Waals surface area contributed by atoms with Gasteiger partial charge in [0, 0.05) is 18.2 Å². The van der Waals surface area contributed by atoms with Crippen molar-refractivity contribution >= 4 is 11.8 Å². The van der Waals surface area contributed by atoms with Crippen molar-refractivity contribution in [1.82, 2.24) is 10.2 Å². The van der Waals surface area contributed by atoms with Gasteiger partial charge in [-0.1, -0.05) is 6.07 Å². The summed E-state index contributed by atoms with van der Waals surface area (Å²) in [4.78, 5) is 25.5. The Morgan fingerprint density at radius 1 is 1.36 bits per heavy atom. The molecule has 1 saturated heterocycles. The molecule has 1 N–H and O–H groups in total. The van der Waals surface area contributed by atoms with E-state index in [1.807, 2.05) is 6.92 Å². The maximum atomic E-state index is 12.6. The van der Waals surface area contributed by atoms with Crippen LogP contribution in [0.5, 0.6) is 0 Å². The highest BCUT2D eigenvalue weighted by molar-refractivity contribution is 5.96. The zero-order chi connectivity index (χ0) is 16.3. The minimum atomic E-state index is -4.50. The van der Waals surface area contributed by atoms with Gasteiger partial charge in [-0.3, -0.25) is 9.59 Å². The minimum Gasteiger partial charge on any atom is -0.343 e. The molecule has 22 heavy (non-hydrogen) atoms. The number of nitrogens with one attached hydrogen (secondary N) is 1. The molecule has 7 heteroatoms. The van der Waals surface area contributed by atoms with Crippen LogP contribution in [0.15, 0.2) is 24.3 Å². The van der Waals surface area contributed by atoms with E-state index in [-0.39, 0.29) is 24.1 Å². The standard InChI is InChI=1S/C15H17F3N2O2/c1-10-4-3-7-20(10)13(21)9-19-14(22)11-5-2-6-12(8-11)15(16,17)18/h2,5-6,8,10H,3-4,7,9H2,1H3,(H,19,22)/t10-/m1/s1. The molecule has 0 saturated carbocycles. The molecule has 1 aliphatic heterocycles. The summed E-state index contributed by atoms with van der Waals surface area (Å²) in [6, 6.07) is 4.26. The van der Waals surface area contributed by atoms with Crippen molar-refractivity contribution in [2.75, 3.05) is 13.1 Å². The third-order valence-electron chi connectivity index (χ3n) is 3.73. The van der Waals surface area contributed by atoms with E-state index in [0.717, 1.165) is 25.0 Å². The maximum Gasteiger partial charge on any atom is 0.416 e. The van der Waals surface area contributed by atoms with Gasteiger partial charge in [0.2, 0.25) is 5.91 Å². The first-order valence-electron chi connectivity index (χ1n) is 7.04. The number of carbonyl (C=O) groups is 2. The Morgan fingerprint density at radius 2 is 2.09 bits per heavy atom. The van der Waals surface area contributed by atoms with Crippen LogP contribution in [0.3, 0.4) is 0 Å². The van der Waals surface area contributed by atoms with Gasteiger partial charge in [-0.2, -0.15) is 13.2 Å². The first-order valence-corrected chi connectivity index (χ1v) is 7.04. The lowest BCUT2D eigenvalue weighted by atomic mass is 10.1. The Hall–Kier alpha value is -2.05. The number of halogens is 3. The van der Waals surface area contributed by atoms with E-state index in [4.69, 9.17) is 0 Å². The lowest BCUT2D eigenvalue weighted by Gasteiger charge is -2.21. The highest BCUT2D eigenvalue weighted by Crippen LogP contribution is 2.29. The van der Waals surface area contributed by atoms with Gasteiger partial charge in [0.05, 0.1) is 12.1 Å². The fourth-order valence-corrected chi connectivity index (χ4v) is 2.50. The third-order valence-corrected chi connectivity index (χ3v) is 3.73.